The molecule has 29 heavy (non-hydrogen) atoms. The van der Waals surface area contributed by atoms with E-state index in [0.717, 1.165) is 26.1 Å². The normalized spacial score (nSPS) is 31.4. The quantitative estimate of drug-likeness (QED) is 0.482. The molecule has 0 aromatic rings. The molecule has 3 N–H and O–H groups in total. The number of nitrogens with one attached hydrogen (secondary N) is 1. The van der Waals surface area contributed by atoms with Gasteiger partial charge in [0, 0.05) is 37.3 Å². The molecule has 6 heteroatoms. The summed E-state index contributed by atoms with van der Waals surface area (Å²) >= 11 is 0. The van der Waals surface area contributed by atoms with Crippen LogP contribution in [0.4, 0.5) is 0 Å². The summed E-state index contributed by atoms with van der Waals surface area (Å²) < 4.78 is 12.2. The van der Waals surface area contributed by atoms with Crippen LogP contribution < -0.4 is 5.43 Å². The first-order valence-electron chi connectivity index (χ1n) is 11.7. The van der Waals surface area contributed by atoms with E-state index in [1.165, 1.54) is 19.3 Å². The summed E-state index contributed by atoms with van der Waals surface area (Å²) in [5.74, 6) is 1.25. The second-order valence-corrected chi connectivity index (χ2v) is 10.4. The van der Waals surface area contributed by atoms with Crippen LogP contribution >= 0.6 is 0 Å². The molecule has 0 aromatic carbocycles. The SMILES string of the molecule is C[C@H](CCO[C@H]1[C@@H](C2CCC2)[C@@H](O)N(C(C)(C)C)N[C@H]1C)CCO[C@H](C)CCO. The number of hydrogen-bond acceptors (Lipinski definition) is 6. The molecule has 1 aliphatic heterocycles. The van der Waals surface area contributed by atoms with Crippen molar-refractivity contribution in [1.29, 1.82) is 0 Å². The number of ether oxygens (including phenoxy) is 2. The van der Waals surface area contributed by atoms with E-state index in [-0.39, 0.29) is 36.3 Å². The molecule has 1 saturated carbocycles. The zero-order valence-electron chi connectivity index (χ0n) is 19.6. The van der Waals surface area contributed by atoms with Crippen molar-refractivity contribution >= 4 is 0 Å². The summed E-state index contributed by atoms with van der Waals surface area (Å²) in [6.07, 6.45) is 6.01. The van der Waals surface area contributed by atoms with Crippen LogP contribution in [0.3, 0.4) is 0 Å². The molecular formula is C23H46N2O4. The third-order valence-electron chi connectivity index (χ3n) is 6.71. The first-order valence-corrected chi connectivity index (χ1v) is 11.7. The molecule has 2 rings (SSSR count). The maximum Gasteiger partial charge on any atom is 0.126 e. The van der Waals surface area contributed by atoms with Gasteiger partial charge in [-0.1, -0.05) is 13.3 Å². The summed E-state index contributed by atoms with van der Waals surface area (Å²) in [5, 5.41) is 22.1. The van der Waals surface area contributed by atoms with Crippen LogP contribution in [0.25, 0.3) is 0 Å². The second kappa shape index (κ2) is 11.4. The number of nitrogens with zero attached hydrogens (tertiary/aromatic N) is 1. The van der Waals surface area contributed by atoms with E-state index >= 15 is 0 Å². The molecule has 0 amide bonds. The molecule has 1 saturated heterocycles. The summed E-state index contributed by atoms with van der Waals surface area (Å²) in [6, 6.07) is 0.182. The predicted molar refractivity (Wildman–Crippen MR) is 116 cm³/mol. The van der Waals surface area contributed by atoms with Crippen LogP contribution in [0, 0.1) is 17.8 Å². The fraction of sp³-hybridized carbons (Fsp3) is 1.00. The Morgan fingerprint density at radius 2 is 1.76 bits per heavy atom. The van der Waals surface area contributed by atoms with Gasteiger partial charge in [-0.25, -0.2) is 10.4 Å². The van der Waals surface area contributed by atoms with Crippen LogP contribution in [0.1, 0.15) is 80.1 Å². The Morgan fingerprint density at radius 1 is 1.10 bits per heavy atom. The van der Waals surface area contributed by atoms with Gasteiger partial charge in [0.2, 0.25) is 0 Å². The molecule has 2 fully saturated rings. The fourth-order valence-corrected chi connectivity index (χ4v) is 4.51. The average Bonchev–Trinajstić information content (AvgIpc) is 2.57. The lowest BCUT2D eigenvalue weighted by atomic mass is 9.70. The molecule has 0 spiro atoms. The minimum absolute atomic E-state index is 0.0435. The van der Waals surface area contributed by atoms with Crippen molar-refractivity contribution in [2.75, 3.05) is 19.8 Å². The van der Waals surface area contributed by atoms with E-state index in [1.807, 2.05) is 11.9 Å². The molecular weight excluding hydrogens is 368 g/mol. The van der Waals surface area contributed by atoms with E-state index < -0.39 is 6.23 Å². The highest BCUT2D eigenvalue weighted by atomic mass is 16.5. The van der Waals surface area contributed by atoms with Gasteiger partial charge in [-0.3, -0.25) is 0 Å². The van der Waals surface area contributed by atoms with Crippen molar-refractivity contribution in [3.05, 3.63) is 0 Å². The third kappa shape index (κ3) is 7.15. The van der Waals surface area contributed by atoms with Gasteiger partial charge in [-0.2, -0.15) is 0 Å². The van der Waals surface area contributed by atoms with E-state index in [0.29, 0.717) is 18.3 Å². The lowest BCUT2D eigenvalue weighted by molar-refractivity contribution is -0.220. The third-order valence-corrected chi connectivity index (χ3v) is 6.71. The summed E-state index contributed by atoms with van der Waals surface area (Å²) in [5.41, 5.74) is 3.37. The molecule has 1 aliphatic carbocycles. The highest BCUT2D eigenvalue weighted by Crippen LogP contribution is 2.42. The molecule has 0 unspecified atom stereocenters. The Bertz CT molecular complexity index is 466. The van der Waals surface area contributed by atoms with Crippen LogP contribution in [0.15, 0.2) is 0 Å². The monoisotopic (exact) mass is 414 g/mol. The van der Waals surface area contributed by atoms with Gasteiger partial charge in [0.05, 0.1) is 12.2 Å². The molecule has 172 valence electrons. The van der Waals surface area contributed by atoms with Gasteiger partial charge in [0.15, 0.2) is 0 Å². The molecule has 0 bridgehead atoms. The fourth-order valence-electron chi connectivity index (χ4n) is 4.51. The summed E-state index contributed by atoms with van der Waals surface area (Å²) in [4.78, 5) is 0. The number of aliphatic hydroxyl groups is 2. The zero-order valence-corrected chi connectivity index (χ0v) is 19.6. The van der Waals surface area contributed by atoms with Crippen LogP contribution in [-0.2, 0) is 9.47 Å². The van der Waals surface area contributed by atoms with Crippen LogP contribution in [0.2, 0.25) is 0 Å². The van der Waals surface area contributed by atoms with Gasteiger partial charge in [0.25, 0.3) is 0 Å². The number of hydrazine groups is 1. The minimum atomic E-state index is -0.514. The highest BCUT2D eigenvalue weighted by Gasteiger charge is 2.49. The Morgan fingerprint density at radius 3 is 2.31 bits per heavy atom. The Labute approximate surface area is 178 Å². The van der Waals surface area contributed by atoms with E-state index in [1.54, 1.807) is 0 Å². The standard InChI is InChI=1S/C23H46N2O4/c1-16(11-14-28-17(2)10-13-26)12-15-29-21-18(3)24-25(23(4,5)6)22(27)20(21)19-8-7-9-19/h16-22,24,26-27H,7-15H2,1-6H3/t16-,17+,18-,20+,21+,22+/m0/s1. The largest absolute Gasteiger partial charge is 0.396 e. The van der Waals surface area contributed by atoms with E-state index in [2.05, 4.69) is 40.0 Å². The van der Waals surface area contributed by atoms with Crippen molar-refractivity contribution < 1.29 is 19.7 Å². The Hall–Kier alpha value is -0.240. The van der Waals surface area contributed by atoms with Crippen molar-refractivity contribution in [2.24, 2.45) is 17.8 Å². The lowest BCUT2D eigenvalue weighted by Crippen LogP contribution is -2.70. The predicted octanol–water partition coefficient (Wildman–Crippen LogP) is 3.32. The van der Waals surface area contributed by atoms with Crippen molar-refractivity contribution in [3.8, 4) is 0 Å². The van der Waals surface area contributed by atoms with Gasteiger partial charge in [-0.15, -0.1) is 0 Å². The van der Waals surface area contributed by atoms with Crippen molar-refractivity contribution in [2.45, 2.75) is 110 Å². The molecule has 6 nitrogen and oxygen atoms in total. The summed E-state index contributed by atoms with van der Waals surface area (Å²) in [7, 11) is 0. The van der Waals surface area contributed by atoms with Gasteiger partial charge in [0.1, 0.15) is 6.23 Å². The average molecular weight is 415 g/mol. The number of hydrogen-bond donors (Lipinski definition) is 3. The van der Waals surface area contributed by atoms with Gasteiger partial charge in [-0.05, 0) is 78.6 Å². The second-order valence-electron chi connectivity index (χ2n) is 10.4. The minimum Gasteiger partial charge on any atom is -0.396 e. The Balaban J connectivity index is 1.83. The highest BCUT2D eigenvalue weighted by molar-refractivity contribution is 4.97. The molecule has 6 atom stereocenters. The number of rotatable bonds is 11. The van der Waals surface area contributed by atoms with Crippen LogP contribution in [0.5, 0.6) is 0 Å². The molecule has 1 heterocycles. The Kier molecular flexibility index (Phi) is 9.84. The van der Waals surface area contributed by atoms with Gasteiger partial charge < -0.3 is 19.7 Å². The lowest BCUT2D eigenvalue weighted by Gasteiger charge is -2.54. The first kappa shape index (κ1) is 25.0. The van der Waals surface area contributed by atoms with Crippen LogP contribution in [-0.4, -0.2) is 65.1 Å². The first-order chi connectivity index (χ1) is 13.6. The maximum absolute atomic E-state index is 11.2. The van der Waals surface area contributed by atoms with E-state index in [4.69, 9.17) is 14.6 Å². The van der Waals surface area contributed by atoms with Gasteiger partial charge >= 0.3 is 0 Å². The van der Waals surface area contributed by atoms with E-state index in [9.17, 15) is 5.11 Å². The molecule has 2 aliphatic rings. The zero-order chi connectivity index (χ0) is 21.6. The smallest absolute Gasteiger partial charge is 0.126 e. The molecule has 0 radical (unpaired) electrons. The molecule has 0 aromatic heterocycles. The van der Waals surface area contributed by atoms with Crippen molar-refractivity contribution in [3.63, 3.8) is 0 Å². The number of aliphatic hydroxyl groups excluding tert-OH is 2. The van der Waals surface area contributed by atoms with Crippen molar-refractivity contribution in [1.82, 2.24) is 10.4 Å². The maximum atomic E-state index is 11.2. The topological polar surface area (TPSA) is 74.2 Å². The summed E-state index contributed by atoms with van der Waals surface area (Å²) in [6.45, 7) is 14.5.